The Bertz CT molecular complexity index is 403. The number of rotatable bonds is 7. The van der Waals surface area contributed by atoms with Crippen LogP contribution in [0.3, 0.4) is 0 Å². The Morgan fingerprint density at radius 1 is 1.55 bits per heavy atom. The average molecular weight is 278 g/mol. The van der Waals surface area contributed by atoms with E-state index in [1.807, 2.05) is 17.0 Å². The first-order chi connectivity index (χ1) is 9.72. The number of aryl methyl sites for hydroxylation is 1. The number of nitrogens with one attached hydrogen (secondary N) is 1. The second kappa shape index (κ2) is 7.48. The fourth-order valence-electron chi connectivity index (χ4n) is 2.81. The van der Waals surface area contributed by atoms with Crippen molar-refractivity contribution in [2.45, 2.75) is 58.0 Å². The first-order valence-corrected chi connectivity index (χ1v) is 7.78. The second-order valence-corrected chi connectivity index (χ2v) is 5.65. The fraction of sp³-hybridized carbons (Fsp3) is 0.688. The molecule has 0 aromatic carbocycles. The van der Waals surface area contributed by atoms with E-state index in [4.69, 9.17) is 4.42 Å². The molecule has 1 N–H and O–H groups in total. The summed E-state index contributed by atoms with van der Waals surface area (Å²) in [6.07, 6.45) is 6.69. The standard InChI is InChI=1S/C16H26N2O2/c1-3-10-17-15-7-4-11-18(16(15)19)13(2)8-9-14-6-5-12-20-14/h5-6,12-13,15,17H,3-4,7-11H2,1-2H3. The maximum atomic E-state index is 12.5. The fourth-order valence-corrected chi connectivity index (χ4v) is 2.81. The van der Waals surface area contributed by atoms with Crippen molar-refractivity contribution >= 4 is 5.91 Å². The van der Waals surface area contributed by atoms with Gasteiger partial charge in [-0.25, -0.2) is 0 Å². The number of amides is 1. The number of piperidine rings is 1. The van der Waals surface area contributed by atoms with Crippen molar-refractivity contribution in [2.75, 3.05) is 13.1 Å². The molecular weight excluding hydrogens is 252 g/mol. The van der Waals surface area contributed by atoms with Crippen molar-refractivity contribution in [3.8, 4) is 0 Å². The summed E-state index contributed by atoms with van der Waals surface area (Å²) in [5, 5.41) is 3.37. The number of nitrogens with zero attached hydrogens (tertiary/aromatic N) is 1. The lowest BCUT2D eigenvalue weighted by Crippen LogP contribution is -2.53. The van der Waals surface area contributed by atoms with Crippen molar-refractivity contribution in [1.29, 1.82) is 0 Å². The molecule has 20 heavy (non-hydrogen) atoms. The summed E-state index contributed by atoms with van der Waals surface area (Å²) in [7, 11) is 0. The van der Waals surface area contributed by atoms with E-state index in [0.29, 0.717) is 0 Å². The van der Waals surface area contributed by atoms with Crippen molar-refractivity contribution in [3.63, 3.8) is 0 Å². The van der Waals surface area contributed by atoms with Gasteiger partial charge in [-0.15, -0.1) is 0 Å². The van der Waals surface area contributed by atoms with Gasteiger partial charge in [-0.1, -0.05) is 6.92 Å². The van der Waals surface area contributed by atoms with Gasteiger partial charge in [-0.2, -0.15) is 0 Å². The highest BCUT2D eigenvalue weighted by molar-refractivity contribution is 5.82. The predicted molar refractivity (Wildman–Crippen MR) is 79.5 cm³/mol. The average Bonchev–Trinajstić information content (AvgIpc) is 2.97. The maximum absolute atomic E-state index is 12.5. The summed E-state index contributed by atoms with van der Waals surface area (Å²) in [4.78, 5) is 14.5. The van der Waals surface area contributed by atoms with Crippen LogP contribution in [0.5, 0.6) is 0 Å². The van der Waals surface area contributed by atoms with Crippen LogP contribution in [0.25, 0.3) is 0 Å². The van der Waals surface area contributed by atoms with E-state index in [1.54, 1.807) is 6.26 Å². The minimum atomic E-state index is 0.0229. The second-order valence-electron chi connectivity index (χ2n) is 5.65. The van der Waals surface area contributed by atoms with Crippen LogP contribution in [0, 0.1) is 0 Å². The lowest BCUT2D eigenvalue weighted by molar-refractivity contribution is -0.138. The number of furan rings is 1. The van der Waals surface area contributed by atoms with Crippen LogP contribution in [0.2, 0.25) is 0 Å². The molecular formula is C16H26N2O2. The molecule has 1 amide bonds. The molecule has 0 radical (unpaired) electrons. The van der Waals surface area contributed by atoms with Crippen LogP contribution in [0.1, 0.15) is 45.3 Å². The maximum Gasteiger partial charge on any atom is 0.239 e. The lowest BCUT2D eigenvalue weighted by atomic mass is 10.0. The molecule has 1 saturated heterocycles. The molecule has 1 aliphatic rings. The van der Waals surface area contributed by atoms with Gasteiger partial charge in [0.1, 0.15) is 5.76 Å². The van der Waals surface area contributed by atoms with Crippen LogP contribution in [-0.4, -0.2) is 36.0 Å². The zero-order chi connectivity index (χ0) is 14.4. The zero-order valence-corrected chi connectivity index (χ0v) is 12.6. The Morgan fingerprint density at radius 2 is 2.40 bits per heavy atom. The van der Waals surface area contributed by atoms with Crippen LogP contribution >= 0.6 is 0 Å². The van der Waals surface area contributed by atoms with E-state index in [-0.39, 0.29) is 18.0 Å². The molecule has 0 aliphatic carbocycles. The van der Waals surface area contributed by atoms with Crippen molar-refractivity contribution in [3.05, 3.63) is 24.2 Å². The van der Waals surface area contributed by atoms with E-state index in [2.05, 4.69) is 19.2 Å². The first-order valence-electron chi connectivity index (χ1n) is 7.78. The highest BCUT2D eigenvalue weighted by Gasteiger charge is 2.30. The minimum Gasteiger partial charge on any atom is -0.469 e. The molecule has 0 saturated carbocycles. The largest absolute Gasteiger partial charge is 0.469 e. The Labute approximate surface area is 121 Å². The molecule has 1 aliphatic heterocycles. The van der Waals surface area contributed by atoms with E-state index in [9.17, 15) is 4.79 Å². The summed E-state index contributed by atoms with van der Waals surface area (Å²) in [5.41, 5.74) is 0. The highest BCUT2D eigenvalue weighted by Crippen LogP contribution is 2.18. The predicted octanol–water partition coefficient (Wildman–Crippen LogP) is 2.59. The monoisotopic (exact) mass is 278 g/mol. The molecule has 0 bridgehead atoms. The Hall–Kier alpha value is -1.29. The summed E-state index contributed by atoms with van der Waals surface area (Å²) in [6.45, 7) is 6.08. The number of hydrogen-bond acceptors (Lipinski definition) is 3. The Morgan fingerprint density at radius 3 is 3.10 bits per heavy atom. The molecule has 112 valence electrons. The zero-order valence-electron chi connectivity index (χ0n) is 12.6. The van der Waals surface area contributed by atoms with Crippen LogP contribution < -0.4 is 5.32 Å². The van der Waals surface area contributed by atoms with Crippen LogP contribution in [-0.2, 0) is 11.2 Å². The topological polar surface area (TPSA) is 45.5 Å². The normalized spacial score (nSPS) is 21.2. The van der Waals surface area contributed by atoms with Crippen LogP contribution in [0.15, 0.2) is 22.8 Å². The van der Waals surface area contributed by atoms with Crippen molar-refractivity contribution < 1.29 is 9.21 Å². The third kappa shape index (κ3) is 3.85. The van der Waals surface area contributed by atoms with Gasteiger partial charge in [0.25, 0.3) is 0 Å². The first kappa shape index (κ1) is 15.1. The van der Waals surface area contributed by atoms with Crippen molar-refractivity contribution in [2.24, 2.45) is 0 Å². The van der Waals surface area contributed by atoms with Gasteiger partial charge in [-0.05, 0) is 51.3 Å². The smallest absolute Gasteiger partial charge is 0.239 e. The van der Waals surface area contributed by atoms with Crippen molar-refractivity contribution in [1.82, 2.24) is 10.2 Å². The van der Waals surface area contributed by atoms with Gasteiger partial charge in [0.15, 0.2) is 0 Å². The number of carbonyl (C=O) groups is 1. The highest BCUT2D eigenvalue weighted by atomic mass is 16.3. The van der Waals surface area contributed by atoms with E-state index in [0.717, 1.165) is 51.0 Å². The SMILES string of the molecule is CCCNC1CCCN(C(C)CCc2ccco2)C1=O. The van der Waals surface area contributed by atoms with Gasteiger partial charge in [0.2, 0.25) is 5.91 Å². The summed E-state index contributed by atoms with van der Waals surface area (Å²) in [6, 6.07) is 4.21. The molecule has 1 fully saturated rings. The molecule has 2 unspecified atom stereocenters. The molecule has 1 aromatic heterocycles. The van der Waals surface area contributed by atoms with Crippen LogP contribution in [0.4, 0.5) is 0 Å². The number of likely N-dealkylation sites (tertiary alicyclic amines) is 1. The third-order valence-corrected chi connectivity index (χ3v) is 4.03. The molecule has 1 aromatic rings. The summed E-state index contributed by atoms with van der Waals surface area (Å²) in [5.74, 6) is 1.28. The Balaban J connectivity index is 1.84. The molecule has 0 spiro atoms. The third-order valence-electron chi connectivity index (χ3n) is 4.03. The van der Waals surface area contributed by atoms with Gasteiger partial charge in [0.05, 0.1) is 12.3 Å². The summed E-state index contributed by atoms with van der Waals surface area (Å²) < 4.78 is 5.36. The number of carbonyl (C=O) groups excluding carboxylic acids is 1. The van der Waals surface area contributed by atoms with E-state index < -0.39 is 0 Å². The Kier molecular flexibility index (Phi) is 5.65. The van der Waals surface area contributed by atoms with E-state index in [1.165, 1.54) is 0 Å². The molecule has 4 nitrogen and oxygen atoms in total. The molecule has 4 heteroatoms. The minimum absolute atomic E-state index is 0.0229. The van der Waals surface area contributed by atoms with Gasteiger partial charge >= 0.3 is 0 Å². The summed E-state index contributed by atoms with van der Waals surface area (Å²) >= 11 is 0. The lowest BCUT2D eigenvalue weighted by Gasteiger charge is -2.37. The number of hydrogen-bond donors (Lipinski definition) is 1. The van der Waals surface area contributed by atoms with Gasteiger partial charge in [-0.3, -0.25) is 4.79 Å². The quantitative estimate of drug-likeness (QED) is 0.834. The molecule has 2 rings (SSSR count). The molecule has 2 heterocycles. The van der Waals surface area contributed by atoms with E-state index >= 15 is 0 Å². The van der Waals surface area contributed by atoms with Gasteiger partial charge < -0.3 is 14.6 Å². The molecule has 2 atom stereocenters. The van der Waals surface area contributed by atoms with Gasteiger partial charge in [0, 0.05) is 19.0 Å².